The molecule has 0 unspecified atom stereocenters. The summed E-state index contributed by atoms with van der Waals surface area (Å²) in [5, 5.41) is 0. The summed E-state index contributed by atoms with van der Waals surface area (Å²) in [6.45, 7) is 5.38. The fraction of sp³-hybridized carbons (Fsp3) is 0.600. The van der Waals surface area contributed by atoms with E-state index in [1.54, 1.807) is 11.1 Å². The van der Waals surface area contributed by atoms with Gasteiger partial charge in [0.15, 0.2) is 0 Å². The Morgan fingerprint density at radius 3 is 2.76 bits per heavy atom. The Bertz CT molecular complexity index is 419. The average molecular weight is 230 g/mol. The highest BCUT2D eigenvalue weighted by atomic mass is 15.2. The summed E-state index contributed by atoms with van der Waals surface area (Å²) in [5.41, 5.74) is 10.9. The third kappa shape index (κ3) is 2.12. The highest BCUT2D eigenvalue weighted by Crippen LogP contribution is 2.26. The first-order valence-electron chi connectivity index (χ1n) is 6.80. The molecule has 2 nitrogen and oxygen atoms in total. The molecule has 0 spiro atoms. The second-order valence-electron chi connectivity index (χ2n) is 5.82. The standard InChI is InChI=1S/C15H22N2/c1-2-15(16)10-17(11-15)9-12-6-7-13-4-3-5-14(13)8-12/h6-8H,2-5,9-11,16H2,1H3. The fourth-order valence-electron chi connectivity index (χ4n) is 3.16. The number of nitrogens with two attached hydrogens (primary N) is 1. The molecule has 2 N–H and O–H groups in total. The van der Waals surface area contributed by atoms with Crippen molar-refractivity contribution in [1.82, 2.24) is 4.90 Å². The molecular weight excluding hydrogens is 208 g/mol. The average Bonchev–Trinajstić information content (AvgIpc) is 2.74. The van der Waals surface area contributed by atoms with Gasteiger partial charge < -0.3 is 5.73 Å². The molecule has 0 bridgehead atoms. The van der Waals surface area contributed by atoms with E-state index in [0.717, 1.165) is 26.1 Å². The maximum atomic E-state index is 6.19. The Morgan fingerprint density at radius 2 is 2.00 bits per heavy atom. The van der Waals surface area contributed by atoms with E-state index in [1.165, 1.54) is 24.8 Å². The number of fused-ring (bicyclic) bond motifs is 1. The number of likely N-dealkylation sites (tertiary alicyclic amines) is 1. The van der Waals surface area contributed by atoms with Crippen LogP contribution in [0.4, 0.5) is 0 Å². The second-order valence-corrected chi connectivity index (χ2v) is 5.82. The summed E-state index contributed by atoms with van der Waals surface area (Å²) in [5.74, 6) is 0. The number of aryl methyl sites for hydroxylation is 2. The van der Waals surface area contributed by atoms with E-state index < -0.39 is 0 Å². The molecule has 0 radical (unpaired) electrons. The van der Waals surface area contributed by atoms with Gasteiger partial charge in [0.05, 0.1) is 0 Å². The van der Waals surface area contributed by atoms with Gasteiger partial charge in [-0.2, -0.15) is 0 Å². The third-order valence-corrected chi connectivity index (χ3v) is 4.35. The van der Waals surface area contributed by atoms with Gasteiger partial charge in [-0.3, -0.25) is 4.90 Å². The Kier molecular flexibility index (Phi) is 2.72. The van der Waals surface area contributed by atoms with Crippen molar-refractivity contribution < 1.29 is 0 Å². The first kappa shape index (κ1) is 11.2. The maximum absolute atomic E-state index is 6.19. The van der Waals surface area contributed by atoms with Gasteiger partial charge in [-0.1, -0.05) is 25.1 Å². The van der Waals surface area contributed by atoms with Crippen LogP contribution in [0.25, 0.3) is 0 Å². The van der Waals surface area contributed by atoms with Crippen molar-refractivity contribution in [2.45, 2.75) is 44.7 Å². The van der Waals surface area contributed by atoms with E-state index in [9.17, 15) is 0 Å². The zero-order valence-electron chi connectivity index (χ0n) is 10.7. The summed E-state index contributed by atoms with van der Waals surface area (Å²) in [6.07, 6.45) is 4.98. The van der Waals surface area contributed by atoms with E-state index in [-0.39, 0.29) is 5.54 Å². The number of hydrogen-bond acceptors (Lipinski definition) is 2. The van der Waals surface area contributed by atoms with E-state index >= 15 is 0 Å². The first-order chi connectivity index (χ1) is 8.18. The van der Waals surface area contributed by atoms with Crippen LogP contribution in [-0.4, -0.2) is 23.5 Å². The molecule has 0 atom stereocenters. The molecule has 92 valence electrons. The van der Waals surface area contributed by atoms with Crippen molar-refractivity contribution in [3.63, 3.8) is 0 Å². The largest absolute Gasteiger partial charge is 0.323 e. The lowest BCUT2D eigenvalue weighted by Gasteiger charge is -2.47. The molecule has 2 aliphatic rings. The lowest BCUT2D eigenvalue weighted by molar-refractivity contribution is 0.0607. The second kappa shape index (κ2) is 4.11. The summed E-state index contributed by atoms with van der Waals surface area (Å²) < 4.78 is 0. The number of rotatable bonds is 3. The van der Waals surface area contributed by atoms with Crippen LogP contribution in [0.3, 0.4) is 0 Å². The van der Waals surface area contributed by atoms with Gasteiger partial charge in [0, 0.05) is 25.2 Å². The smallest absolute Gasteiger partial charge is 0.0410 e. The topological polar surface area (TPSA) is 29.3 Å². The molecule has 1 aromatic rings. The molecular formula is C15H22N2. The summed E-state index contributed by atoms with van der Waals surface area (Å²) in [6, 6.07) is 7.03. The summed E-state index contributed by atoms with van der Waals surface area (Å²) >= 11 is 0. The monoisotopic (exact) mass is 230 g/mol. The Morgan fingerprint density at radius 1 is 1.24 bits per heavy atom. The Balaban J connectivity index is 1.63. The molecule has 1 saturated heterocycles. The van der Waals surface area contributed by atoms with Crippen LogP contribution in [0.2, 0.25) is 0 Å². The SMILES string of the molecule is CCC1(N)CN(Cc2ccc3c(c2)CCC3)C1. The van der Waals surface area contributed by atoms with Gasteiger partial charge in [-0.15, -0.1) is 0 Å². The van der Waals surface area contributed by atoms with Crippen LogP contribution in [0.1, 0.15) is 36.5 Å². The highest BCUT2D eigenvalue weighted by Gasteiger charge is 2.37. The molecule has 2 heteroatoms. The van der Waals surface area contributed by atoms with Crippen LogP contribution in [0, 0.1) is 0 Å². The normalized spacial score (nSPS) is 22.2. The van der Waals surface area contributed by atoms with E-state index in [2.05, 4.69) is 30.0 Å². The predicted molar refractivity (Wildman–Crippen MR) is 71.0 cm³/mol. The zero-order chi connectivity index (χ0) is 11.9. The van der Waals surface area contributed by atoms with Crippen LogP contribution >= 0.6 is 0 Å². The molecule has 0 saturated carbocycles. The van der Waals surface area contributed by atoms with Gasteiger partial charge in [0.1, 0.15) is 0 Å². The van der Waals surface area contributed by atoms with Crippen molar-refractivity contribution in [2.24, 2.45) is 5.73 Å². The van der Waals surface area contributed by atoms with E-state index in [0.29, 0.717) is 0 Å². The van der Waals surface area contributed by atoms with E-state index in [4.69, 9.17) is 5.73 Å². The van der Waals surface area contributed by atoms with Gasteiger partial charge >= 0.3 is 0 Å². The van der Waals surface area contributed by atoms with Crippen LogP contribution in [0.5, 0.6) is 0 Å². The zero-order valence-corrected chi connectivity index (χ0v) is 10.7. The molecule has 0 amide bonds. The number of nitrogens with zero attached hydrogens (tertiary/aromatic N) is 1. The van der Waals surface area contributed by atoms with Gasteiger partial charge in [0.2, 0.25) is 0 Å². The summed E-state index contributed by atoms with van der Waals surface area (Å²) in [4.78, 5) is 2.46. The Labute approximate surface area is 104 Å². The van der Waals surface area contributed by atoms with Crippen molar-refractivity contribution >= 4 is 0 Å². The Hall–Kier alpha value is -0.860. The van der Waals surface area contributed by atoms with Crippen molar-refractivity contribution in [2.75, 3.05) is 13.1 Å². The molecule has 1 aromatic carbocycles. The number of hydrogen-bond donors (Lipinski definition) is 1. The van der Waals surface area contributed by atoms with E-state index in [1.807, 2.05) is 0 Å². The minimum absolute atomic E-state index is 0.0940. The quantitative estimate of drug-likeness (QED) is 0.861. The first-order valence-corrected chi connectivity index (χ1v) is 6.80. The van der Waals surface area contributed by atoms with Crippen molar-refractivity contribution in [1.29, 1.82) is 0 Å². The molecule has 1 fully saturated rings. The molecule has 17 heavy (non-hydrogen) atoms. The van der Waals surface area contributed by atoms with Crippen molar-refractivity contribution in [3.8, 4) is 0 Å². The molecule has 1 aliphatic heterocycles. The lowest BCUT2D eigenvalue weighted by atomic mass is 9.88. The fourth-order valence-corrected chi connectivity index (χ4v) is 3.16. The van der Waals surface area contributed by atoms with Gasteiger partial charge in [0.25, 0.3) is 0 Å². The van der Waals surface area contributed by atoms with Gasteiger partial charge in [-0.25, -0.2) is 0 Å². The summed E-state index contributed by atoms with van der Waals surface area (Å²) in [7, 11) is 0. The minimum Gasteiger partial charge on any atom is -0.323 e. The maximum Gasteiger partial charge on any atom is 0.0410 e. The van der Waals surface area contributed by atoms with Crippen LogP contribution in [0.15, 0.2) is 18.2 Å². The predicted octanol–water partition coefficient (Wildman–Crippen LogP) is 2.10. The molecule has 1 heterocycles. The third-order valence-electron chi connectivity index (χ3n) is 4.35. The van der Waals surface area contributed by atoms with Crippen LogP contribution < -0.4 is 5.73 Å². The molecule has 1 aliphatic carbocycles. The van der Waals surface area contributed by atoms with Crippen LogP contribution in [-0.2, 0) is 19.4 Å². The van der Waals surface area contributed by atoms with Crippen molar-refractivity contribution in [3.05, 3.63) is 34.9 Å². The number of benzene rings is 1. The lowest BCUT2D eigenvalue weighted by Crippen LogP contribution is -2.66. The molecule has 3 rings (SSSR count). The molecule has 0 aromatic heterocycles. The van der Waals surface area contributed by atoms with Gasteiger partial charge in [-0.05, 0) is 42.4 Å². The minimum atomic E-state index is 0.0940. The highest BCUT2D eigenvalue weighted by molar-refractivity contribution is 5.35.